The summed E-state index contributed by atoms with van der Waals surface area (Å²) in [6.45, 7) is 0. The van der Waals surface area contributed by atoms with Gasteiger partial charge in [0.05, 0.1) is 23.4 Å². The fourth-order valence-corrected chi connectivity index (χ4v) is 5.00. The van der Waals surface area contributed by atoms with Crippen LogP contribution in [0.1, 0.15) is 10.4 Å². The molecule has 0 heterocycles. The molecule has 0 atom stereocenters. The molecule has 0 aliphatic rings. The van der Waals surface area contributed by atoms with Gasteiger partial charge in [0.2, 0.25) is 0 Å². The highest BCUT2D eigenvalue weighted by atomic mass is 35.5. The number of nitrogens with one attached hydrogen (secondary N) is 1. The second-order valence-corrected chi connectivity index (χ2v) is 8.83. The molecule has 0 unspecified atom stereocenters. The van der Waals surface area contributed by atoms with E-state index in [0.717, 1.165) is 9.79 Å². The minimum Gasteiger partial charge on any atom is -0.465 e. The number of halogens is 1. The summed E-state index contributed by atoms with van der Waals surface area (Å²) in [6, 6.07) is 20.6. The van der Waals surface area contributed by atoms with Crippen LogP contribution in [0.2, 0.25) is 5.02 Å². The van der Waals surface area contributed by atoms with Gasteiger partial charge in [-0.05, 0) is 42.5 Å². The van der Waals surface area contributed by atoms with E-state index in [-0.39, 0.29) is 15.5 Å². The van der Waals surface area contributed by atoms with Crippen LogP contribution in [0, 0.1) is 0 Å². The van der Waals surface area contributed by atoms with Gasteiger partial charge < -0.3 is 4.74 Å². The Bertz CT molecular complexity index is 1100. The SMILES string of the molecule is COC(=O)c1ccc(Cl)c(S(=O)(=O)Nc2ccccc2Sc2ccccc2)c1. The monoisotopic (exact) mass is 433 g/mol. The van der Waals surface area contributed by atoms with Gasteiger partial charge in [0.25, 0.3) is 10.0 Å². The lowest BCUT2D eigenvalue weighted by molar-refractivity contribution is 0.0600. The molecular weight excluding hydrogens is 418 g/mol. The van der Waals surface area contributed by atoms with Crippen LogP contribution >= 0.6 is 23.4 Å². The van der Waals surface area contributed by atoms with Gasteiger partial charge in [0, 0.05) is 9.79 Å². The van der Waals surface area contributed by atoms with Crippen LogP contribution in [0.25, 0.3) is 0 Å². The molecular formula is C20H16ClNO4S2. The number of esters is 1. The van der Waals surface area contributed by atoms with Gasteiger partial charge in [-0.2, -0.15) is 0 Å². The predicted octanol–water partition coefficient (Wildman–Crippen LogP) is 5.08. The number of para-hydroxylation sites is 1. The van der Waals surface area contributed by atoms with Gasteiger partial charge in [-0.15, -0.1) is 0 Å². The molecule has 8 heteroatoms. The molecule has 3 aromatic carbocycles. The summed E-state index contributed by atoms with van der Waals surface area (Å²) >= 11 is 7.52. The average molecular weight is 434 g/mol. The van der Waals surface area contributed by atoms with E-state index >= 15 is 0 Å². The van der Waals surface area contributed by atoms with E-state index in [1.54, 1.807) is 12.1 Å². The molecule has 0 radical (unpaired) electrons. The summed E-state index contributed by atoms with van der Waals surface area (Å²) in [6.07, 6.45) is 0. The van der Waals surface area contributed by atoms with Gasteiger partial charge in [0.15, 0.2) is 0 Å². The Morgan fingerprint density at radius 2 is 1.68 bits per heavy atom. The van der Waals surface area contributed by atoms with Crippen molar-refractivity contribution in [3.05, 3.63) is 83.4 Å². The molecule has 0 saturated heterocycles. The topological polar surface area (TPSA) is 72.5 Å². The minimum atomic E-state index is -4.03. The molecule has 0 spiro atoms. The number of hydrogen-bond donors (Lipinski definition) is 1. The third-order valence-electron chi connectivity index (χ3n) is 3.74. The lowest BCUT2D eigenvalue weighted by Crippen LogP contribution is -2.15. The Kier molecular flexibility index (Phi) is 6.28. The molecule has 0 bridgehead atoms. The number of carbonyl (C=O) groups excluding carboxylic acids is 1. The van der Waals surface area contributed by atoms with Crippen LogP contribution in [0.5, 0.6) is 0 Å². The molecule has 0 aliphatic heterocycles. The van der Waals surface area contributed by atoms with Crippen molar-refractivity contribution < 1.29 is 17.9 Å². The quantitative estimate of drug-likeness (QED) is 0.549. The third-order valence-corrected chi connectivity index (χ3v) is 6.68. The number of benzene rings is 3. The number of methoxy groups -OCH3 is 1. The number of anilines is 1. The van der Waals surface area contributed by atoms with Crippen LogP contribution < -0.4 is 4.72 Å². The smallest absolute Gasteiger partial charge is 0.337 e. The molecule has 0 fully saturated rings. The van der Waals surface area contributed by atoms with Crippen LogP contribution in [0.3, 0.4) is 0 Å². The Morgan fingerprint density at radius 3 is 2.39 bits per heavy atom. The molecule has 5 nitrogen and oxygen atoms in total. The summed E-state index contributed by atoms with van der Waals surface area (Å²) in [7, 11) is -2.80. The second kappa shape index (κ2) is 8.68. The van der Waals surface area contributed by atoms with E-state index in [1.807, 2.05) is 42.5 Å². The summed E-state index contributed by atoms with van der Waals surface area (Å²) < 4.78 is 33.1. The number of ether oxygens (including phenoxy) is 1. The lowest BCUT2D eigenvalue weighted by atomic mass is 10.2. The number of carbonyl (C=O) groups is 1. The molecule has 3 aromatic rings. The highest BCUT2D eigenvalue weighted by Gasteiger charge is 2.22. The number of hydrogen-bond acceptors (Lipinski definition) is 5. The highest BCUT2D eigenvalue weighted by molar-refractivity contribution is 7.99. The van der Waals surface area contributed by atoms with Gasteiger partial charge in [-0.25, -0.2) is 13.2 Å². The van der Waals surface area contributed by atoms with Crippen LogP contribution in [0.15, 0.2) is 87.5 Å². The Hall–Kier alpha value is -2.48. The van der Waals surface area contributed by atoms with Crippen LogP contribution in [0.4, 0.5) is 5.69 Å². The summed E-state index contributed by atoms with van der Waals surface area (Å²) in [5.74, 6) is -0.645. The first-order chi connectivity index (χ1) is 13.4. The summed E-state index contributed by atoms with van der Waals surface area (Å²) in [5.41, 5.74) is 0.509. The fraction of sp³-hybridized carbons (Fsp3) is 0.0500. The maximum absolute atomic E-state index is 12.9. The first-order valence-corrected chi connectivity index (χ1v) is 10.8. The standard InChI is InChI=1S/C20H16ClNO4S2/c1-26-20(23)14-11-12-16(21)19(13-14)28(24,25)22-17-9-5-6-10-18(17)27-15-7-3-2-4-8-15/h2-13,22H,1H3. The van der Waals surface area contributed by atoms with Crippen LogP contribution in [-0.4, -0.2) is 21.5 Å². The predicted molar refractivity (Wildman–Crippen MR) is 111 cm³/mol. The van der Waals surface area contributed by atoms with E-state index < -0.39 is 16.0 Å². The summed E-state index contributed by atoms with van der Waals surface area (Å²) in [4.78, 5) is 13.2. The molecule has 28 heavy (non-hydrogen) atoms. The number of sulfonamides is 1. The van der Waals surface area contributed by atoms with E-state index in [0.29, 0.717) is 5.69 Å². The average Bonchev–Trinajstić information content (AvgIpc) is 2.69. The van der Waals surface area contributed by atoms with Crippen molar-refractivity contribution in [2.45, 2.75) is 14.7 Å². The largest absolute Gasteiger partial charge is 0.465 e. The molecule has 0 saturated carbocycles. The van der Waals surface area contributed by atoms with E-state index in [4.69, 9.17) is 11.6 Å². The molecule has 0 aromatic heterocycles. The van der Waals surface area contributed by atoms with Gasteiger partial charge in [0.1, 0.15) is 4.90 Å². The van der Waals surface area contributed by atoms with E-state index in [1.165, 1.54) is 37.1 Å². The summed E-state index contributed by atoms with van der Waals surface area (Å²) in [5, 5.41) is 0.00773. The van der Waals surface area contributed by atoms with Crippen molar-refractivity contribution in [3.8, 4) is 0 Å². The van der Waals surface area contributed by atoms with Crippen molar-refractivity contribution in [2.24, 2.45) is 0 Å². The van der Waals surface area contributed by atoms with Crippen molar-refractivity contribution in [1.29, 1.82) is 0 Å². The zero-order valence-electron chi connectivity index (χ0n) is 14.8. The first-order valence-electron chi connectivity index (χ1n) is 8.13. The number of rotatable bonds is 6. The van der Waals surface area contributed by atoms with Gasteiger partial charge >= 0.3 is 5.97 Å². The molecule has 0 amide bonds. The first kappa shape index (κ1) is 20.3. The van der Waals surface area contributed by atoms with Crippen LogP contribution in [-0.2, 0) is 14.8 Å². The molecule has 1 N–H and O–H groups in total. The fourth-order valence-electron chi connectivity index (χ4n) is 2.41. The van der Waals surface area contributed by atoms with Gasteiger partial charge in [-0.1, -0.05) is 53.7 Å². The zero-order valence-corrected chi connectivity index (χ0v) is 17.1. The Morgan fingerprint density at radius 1 is 1.00 bits per heavy atom. The maximum atomic E-state index is 12.9. The Labute approximate surface area is 172 Å². The van der Waals surface area contributed by atoms with Crippen molar-refractivity contribution in [1.82, 2.24) is 0 Å². The second-order valence-electron chi connectivity index (χ2n) is 5.65. The van der Waals surface area contributed by atoms with E-state index in [9.17, 15) is 13.2 Å². The molecule has 144 valence electrons. The third kappa shape index (κ3) is 4.67. The van der Waals surface area contributed by atoms with Crippen molar-refractivity contribution >= 4 is 45.0 Å². The van der Waals surface area contributed by atoms with Crippen molar-refractivity contribution in [2.75, 3.05) is 11.8 Å². The Balaban J connectivity index is 1.95. The normalized spacial score (nSPS) is 11.1. The zero-order chi connectivity index (χ0) is 20.1. The van der Waals surface area contributed by atoms with Crippen molar-refractivity contribution in [3.63, 3.8) is 0 Å². The lowest BCUT2D eigenvalue weighted by Gasteiger charge is -2.14. The highest BCUT2D eigenvalue weighted by Crippen LogP contribution is 2.35. The minimum absolute atomic E-state index is 0.00773. The molecule has 3 rings (SSSR count). The molecule has 0 aliphatic carbocycles. The van der Waals surface area contributed by atoms with Gasteiger partial charge in [-0.3, -0.25) is 4.72 Å². The van der Waals surface area contributed by atoms with E-state index in [2.05, 4.69) is 9.46 Å². The maximum Gasteiger partial charge on any atom is 0.337 e.